The standard InChI is InChI=1S/C10H8BrNO/c1-8(6-12-7-13)9-4-2-3-5-10(9)11/h2-5H,1,6H2. The predicted octanol–water partition coefficient (Wildman–Crippen LogP) is 2.80. The average Bonchev–Trinajstić information content (AvgIpc) is 2.15. The smallest absolute Gasteiger partial charge is 0.211 e. The van der Waals surface area contributed by atoms with Crippen molar-refractivity contribution in [3.63, 3.8) is 0 Å². The van der Waals surface area contributed by atoms with Crippen molar-refractivity contribution in [2.45, 2.75) is 0 Å². The Morgan fingerprint density at radius 1 is 1.54 bits per heavy atom. The van der Waals surface area contributed by atoms with E-state index >= 15 is 0 Å². The van der Waals surface area contributed by atoms with Gasteiger partial charge in [0.15, 0.2) is 0 Å². The Morgan fingerprint density at radius 2 is 2.23 bits per heavy atom. The van der Waals surface area contributed by atoms with Crippen molar-refractivity contribution in [3.8, 4) is 0 Å². The highest BCUT2D eigenvalue weighted by Crippen LogP contribution is 2.22. The number of rotatable bonds is 3. The molecule has 0 N–H and O–H groups in total. The minimum absolute atomic E-state index is 0.298. The van der Waals surface area contributed by atoms with Crippen molar-refractivity contribution in [3.05, 3.63) is 40.9 Å². The molecule has 13 heavy (non-hydrogen) atoms. The Balaban J connectivity index is 2.88. The van der Waals surface area contributed by atoms with E-state index in [1.54, 1.807) is 0 Å². The highest BCUT2D eigenvalue weighted by Gasteiger charge is 2.01. The number of isocyanates is 1. The number of hydrogen-bond donors (Lipinski definition) is 0. The molecule has 0 bridgehead atoms. The second-order valence-electron chi connectivity index (χ2n) is 2.49. The Hall–Kier alpha value is -1.18. The van der Waals surface area contributed by atoms with Crippen molar-refractivity contribution >= 4 is 27.6 Å². The zero-order chi connectivity index (χ0) is 9.68. The molecule has 0 radical (unpaired) electrons. The van der Waals surface area contributed by atoms with Gasteiger partial charge in [-0.05, 0) is 17.2 Å². The highest BCUT2D eigenvalue weighted by atomic mass is 79.9. The van der Waals surface area contributed by atoms with Gasteiger partial charge in [-0.15, -0.1) is 0 Å². The van der Waals surface area contributed by atoms with Crippen LogP contribution in [0.2, 0.25) is 0 Å². The third kappa shape index (κ3) is 2.65. The average molecular weight is 238 g/mol. The Bertz CT molecular complexity index is 367. The summed E-state index contributed by atoms with van der Waals surface area (Å²) >= 11 is 3.39. The first-order chi connectivity index (χ1) is 6.25. The van der Waals surface area contributed by atoms with Gasteiger partial charge in [-0.1, -0.05) is 40.7 Å². The number of hydrogen-bond acceptors (Lipinski definition) is 2. The summed E-state index contributed by atoms with van der Waals surface area (Å²) in [6.45, 7) is 4.12. The molecule has 0 unspecified atom stereocenters. The normalized spacial score (nSPS) is 9.00. The summed E-state index contributed by atoms with van der Waals surface area (Å²) in [5.41, 5.74) is 1.78. The predicted molar refractivity (Wildman–Crippen MR) is 56.2 cm³/mol. The van der Waals surface area contributed by atoms with E-state index in [1.165, 1.54) is 6.08 Å². The molecule has 0 saturated heterocycles. The van der Waals surface area contributed by atoms with Crippen LogP contribution in [0.4, 0.5) is 0 Å². The topological polar surface area (TPSA) is 29.4 Å². The lowest BCUT2D eigenvalue weighted by Crippen LogP contribution is -1.87. The van der Waals surface area contributed by atoms with Gasteiger partial charge in [0.25, 0.3) is 0 Å². The van der Waals surface area contributed by atoms with Gasteiger partial charge >= 0.3 is 0 Å². The van der Waals surface area contributed by atoms with Crippen LogP contribution in [0.1, 0.15) is 5.56 Å². The fourth-order valence-electron chi connectivity index (χ4n) is 0.961. The molecular formula is C10H8BrNO. The van der Waals surface area contributed by atoms with Crippen LogP contribution in [0.25, 0.3) is 5.57 Å². The molecule has 0 atom stereocenters. The second kappa shape index (κ2) is 4.75. The minimum Gasteiger partial charge on any atom is -0.211 e. The molecule has 1 rings (SSSR count). The van der Waals surface area contributed by atoms with E-state index in [-0.39, 0.29) is 0 Å². The molecule has 2 nitrogen and oxygen atoms in total. The monoisotopic (exact) mass is 237 g/mol. The zero-order valence-corrected chi connectivity index (χ0v) is 8.54. The van der Waals surface area contributed by atoms with Gasteiger partial charge < -0.3 is 0 Å². The molecule has 1 aromatic rings. The van der Waals surface area contributed by atoms with Gasteiger partial charge in [0.2, 0.25) is 6.08 Å². The first kappa shape index (κ1) is 9.90. The van der Waals surface area contributed by atoms with Crippen LogP contribution in [-0.4, -0.2) is 12.6 Å². The lowest BCUT2D eigenvalue weighted by molar-refractivity contribution is 0.564. The minimum atomic E-state index is 0.298. The first-order valence-corrected chi connectivity index (χ1v) is 4.51. The Morgan fingerprint density at radius 3 is 2.85 bits per heavy atom. The van der Waals surface area contributed by atoms with E-state index in [0.717, 1.165) is 15.6 Å². The van der Waals surface area contributed by atoms with E-state index < -0.39 is 0 Å². The molecule has 0 saturated carbocycles. The highest BCUT2D eigenvalue weighted by molar-refractivity contribution is 9.10. The summed E-state index contributed by atoms with van der Waals surface area (Å²) in [5, 5.41) is 0. The molecule has 0 aromatic heterocycles. The van der Waals surface area contributed by atoms with Gasteiger partial charge in [0.1, 0.15) is 0 Å². The Kier molecular flexibility index (Phi) is 3.62. The lowest BCUT2D eigenvalue weighted by atomic mass is 10.1. The Labute approximate surface area is 85.1 Å². The third-order valence-electron chi connectivity index (χ3n) is 1.59. The first-order valence-electron chi connectivity index (χ1n) is 3.72. The maximum absolute atomic E-state index is 9.88. The van der Waals surface area contributed by atoms with Crippen molar-refractivity contribution in [2.75, 3.05) is 6.54 Å². The number of carbonyl (C=O) groups excluding carboxylic acids is 1. The van der Waals surface area contributed by atoms with E-state index in [9.17, 15) is 4.79 Å². The molecule has 0 aliphatic rings. The van der Waals surface area contributed by atoms with E-state index in [4.69, 9.17) is 0 Å². The van der Waals surface area contributed by atoms with Crippen molar-refractivity contribution in [2.24, 2.45) is 4.99 Å². The summed E-state index contributed by atoms with van der Waals surface area (Å²) in [7, 11) is 0. The van der Waals surface area contributed by atoms with Gasteiger partial charge in [0, 0.05) is 4.47 Å². The maximum atomic E-state index is 9.88. The summed E-state index contributed by atoms with van der Waals surface area (Å²) in [5.74, 6) is 0. The van der Waals surface area contributed by atoms with Gasteiger partial charge in [-0.2, -0.15) is 0 Å². The molecule has 66 valence electrons. The molecule has 0 fully saturated rings. The molecule has 0 heterocycles. The SMILES string of the molecule is C=C(CN=C=O)c1ccccc1Br. The third-order valence-corrected chi connectivity index (χ3v) is 2.28. The van der Waals surface area contributed by atoms with Crippen LogP contribution in [0.3, 0.4) is 0 Å². The number of nitrogens with zero attached hydrogens (tertiary/aromatic N) is 1. The van der Waals surface area contributed by atoms with Crippen molar-refractivity contribution < 1.29 is 4.79 Å². The fourth-order valence-corrected chi connectivity index (χ4v) is 1.53. The molecule has 0 aliphatic carbocycles. The van der Waals surface area contributed by atoms with Crippen LogP contribution in [0.15, 0.2) is 40.3 Å². The number of benzene rings is 1. The second-order valence-corrected chi connectivity index (χ2v) is 3.35. The van der Waals surface area contributed by atoms with Crippen LogP contribution >= 0.6 is 15.9 Å². The molecule has 1 aromatic carbocycles. The largest absolute Gasteiger partial charge is 0.235 e. The van der Waals surface area contributed by atoms with E-state index in [1.807, 2.05) is 24.3 Å². The van der Waals surface area contributed by atoms with Gasteiger partial charge in [-0.3, -0.25) is 0 Å². The number of halogens is 1. The van der Waals surface area contributed by atoms with Crippen molar-refractivity contribution in [1.82, 2.24) is 0 Å². The van der Waals surface area contributed by atoms with E-state index in [0.29, 0.717) is 6.54 Å². The summed E-state index contributed by atoms with van der Waals surface area (Å²) < 4.78 is 0.959. The molecule has 0 spiro atoms. The van der Waals surface area contributed by atoms with Gasteiger partial charge in [0.05, 0.1) is 6.54 Å². The summed E-state index contributed by atoms with van der Waals surface area (Å²) in [6, 6.07) is 7.68. The molecular weight excluding hydrogens is 230 g/mol. The summed E-state index contributed by atoms with van der Waals surface area (Å²) in [6.07, 6.45) is 1.49. The molecule has 3 heteroatoms. The molecule has 0 amide bonds. The quantitative estimate of drug-likeness (QED) is 0.588. The van der Waals surface area contributed by atoms with Gasteiger partial charge in [-0.25, -0.2) is 9.79 Å². The van der Waals surface area contributed by atoms with Crippen LogP contribution < -0.4 is 0 Å². The number of aliphatic imine (C=N–C) groups is 1. The van der Waals surface area contributed by atoms with Crippen LogP contribution in [0.5, 0.6) is 0 Å². The van der Waals surface area contributed by atoms with Crippen LogP contribution in [-0.2, 0) is 4.79 Å². The molecule has 0 aliphatic heterocycles. The lowest BCUT2D eigenvalue weighted by Gasteiger charge is -2.03. The summed E-state index contributed by atoms with van der Waals surface area (Å²) in [4.78, 5) is 13.3. The fraction of sp³-hybridized carbons (Fsp3) is 0.100. The van der Waals surface area contributed by atoms with Crippen molar-refractivity contribution in [1.29, 1.82) is 0 Å². The maximum Gasteiger partial charge on any atom is 0.235 e. The van der Waals surface area contributed by atoms with E-state index in [2.05, 4.69) is 27.5 Å². The zero-order valence-electron chi connectivity index (χ0n) is 6.96. The van der Waals surface area contributed by atoms with Crippen LogP contribution in [0, 0.1) is 0 Å².